The minimum atomic E-state index is -4.21. The molecule has 2 amide bonds. The zero-order chi connectivity index (χ0) is 24.9. The van der Waals surface area contributed by atoms with E-state index in [1.807, 2.05) is 4.72 Å². The van der Waals surface area contributed by atoms with E-state index in [9.17, 15) is 18.0 Å². The summed E-state index contributed by atoms with van der Waals surface area (Å²) in [6.07, 6.45) is 0.310. The van der Waals surface area contributed by atoms with Gasteiger partial charge in [-0.1, -0.05) is 22.9 Å². The van der Waals surface area contributed by atoms with E-state index in [2.05, 4.69) is 26.0 Å². The van der Waals surface area contributed by atoms with Crippen LogP contribution in [0.25, 0.3) is 0 Å². The van der Waals surface area contributed by atoms with E-state index in [-0.39, 0.29) is 23.2 Å². The third-order valence-electron chi connectivity index (χ3n) is 4.81. The summed E-state index contributed by atoms with van der Waals surface area (Å²) in [4.78, 5) is 24.6. The third-order valence-corrected chi connectivity index (χ3v) is 7.51. The average molecular weight is 574 g/mol. The van der Waals surface area contributed by atoms with Crippen molar-refractivity contribution in [1.82, 2.24) is 14.8 Å². The van der Waals surface area contributed by atoms with E-state index in [1.54, 1.807) is 25.1 Å². The van der Waals surface area contributed by atoms with E-state index in [0.29, 0.717) is 47.5 Å². The number of ether oxygens (including phenoxy) is 3. The second-order valence-corrected chi connectivity index (χ2v) is 10.6. The number of hydrogen-bond donors (Lipinski definition) is 3. The number of sulfonamides is 1. The van der Waals surface area contributed by atoms with Gasteiger partial charge in [0.2, 0.25) is 0 Å². The van der Waals surface area contributed by atoms with E-state index in [0.717, 1.165) is 4.47 Å². The summed E-state index contributed by atoms with van der Waals surface area (Å²) in [6.45, 7) is 2.44. The van der Waals surface area contributed by atoms with Crippen molar-refractivity contribution < 1.29 is 32.2 Å². The van der Waals surface area contributed by atoms with Crippen molar-refractivity contribution in [3.63, 3.8) is 0 Å². The second-order valence-electron chi connectivity index (χ2n) is 7.13. The molecule has 1 aliphatic rings. The standard InChI is InChI=1S/C21H24BrN3O7S2/c1-4-23-33-21(27)25-34(28,29)19-8-12-7-14(11-32-17(12)10-18(19)31-3)24-20(26)15-9-13(22)5-6-16(15)30-2/h5-6,8-10,14,23H,4,7,11H2,1-3H3,(H,24,26)(H,25,27). The highest BCUT2D eigenvalue weighted by Gasteiger charge is 2.29. The Morgan fingerprint density at radius 2 is 1.91 bits per heavy atom. The summed E-state index contributed by atoms with van der Waals surface area (Å²) in [5.74, 6) is 0.537. The summed E-state index contributed by atoms with van der Waals surface area (Å²) in [5.41, 5.74) is 0.896. The lowest BCUT2D eigenvalue weighted by Crippen LogP contribution is -2.43. The first-order valence-corrected chi connectivity index (χ1v) is 13.2. The smallest absolute Gasteiger partial charge is 0.307 e. The van der Waals surface area contributed by atoms with Crippen LogP contribution in [0.2, 0.25) is 0 Å². The second kappa shape index (κ2) is 11.3. The fourth-order valence-corrected chi connectivity index (χ4v) is 5.46. The molecule has 184 valence electrons. The third kappa shape index (κ3) is 6.14. The first kappa shape index (κ1) is 26.1. The van der Waals surface area contributed by atoms with Crippen LogP contribution in [0.15, 0.2) is 39.7 Å². The van der Waals surface area contributed by atoms with Gasteiger partial charge in [-0.05, 0) is 36.2 Å². The quantitative estimate of drug-likeness (QED) is 0.408. The van der Waals surface area contributed by atoms with Gasteiger partial charge >= 0.3 is 5.24 Å². The molecule has 2 aromatic carbocycles. The van der Waals surface area contributed by atoms with E-state index >= 15 is 0 Å². The predicted octanol–water partition coefficient (Wildman–Crippen LogP) is 2.86. The van der Waals surface area contributed by atoms with Crippen LogP contribution in [-0.4, -0.2) is 53.0 Å². The number of carbonyl (C=O) groups is 2. The van der Waals surface area contributed by atoms with Gasteiger partial charge in [0.15, 0.2) is 0 Å². The van der Waals surface area contributed by atoms with E-state index in [1.165, 1.54) is 26.4 Å². The largest absolute Gasteiger partial charge is 0.496 e. The molecule has 3 N–H and O–H groups in total. The van der Waals surface area contributed by atoms with Crippen molar-refractivity contribution in [2.45, 2.75) is 24.3 Å². The van der Waals surface area contributed by atoms with Crippen molar-refractivity contribution in [1.29, 1.82) is 0 Å². The Bertz CT molecular complexity index is 1190. The molecule has 1 unspecified atom stereocenters. The molecule has 0 saturated heterocycles. The Kier molecular flexibility index (Phi) is 8.68. The number of carbonyl (C=O) groups excluding carboxylic acids is 2. The molecule has 1 aliphatic heterocycles. The highest BCUT2D eigenvalue weighted by atomic mass is 79.9. The van der Waals surface area contributed by atoms with Crippen LogP contribution in [0.5, 0.6) is 17.2 Å². The van der Waals surface area contributed by atoms with Crippen LogP contribution < -0.4 is 29.0 Å². The van der Waals surface area contributed by atoms with Gasteiger partial charge in [-0.2, -0.15) is 0 Å². The minimum Gasteiger partial charge on any atom is -0.496 e. The molecular weight excluding hydrogens is 550 g/mol. The summed E-state index contributed by atoms with van der Waals surface area (Å²) in [5, 5.41) is 2.12. The zero-order valence-electron chi connectivity index (χ0n) is 18.6. The molecule has 0 radical (unpaired) electrons. The van der Waals surface area contributed by atoms with Gasteiger partial charge in [-0.3, -0.25) is 14.3 Å². The summed E-state index contributed by atoms with van der Waals surface area (Å²) in [7, 11) is -1.41. The molecule has 0 aromatic heterocycles. The molecular formula is C21H24BrN3O7S2. The highest BCUT2D eigenvalue weighted by molar-refractivity contribution is 9.10. The average Bonchev–Trinajstić information content (AvgIpc) is 2.81. The molecule has 0 spiro atoms. The number of amides is 2. The molecule has 0 bridgehead atoms. The molecule has 0 fully saturated rings. The molecule has 2 aromatic rings. The monoisotopic (exact) mass is 573 g/mol. The first-order valence-electron chi connectivity index (χ1n) is 10.1. The normalized spacial score (nSPS) is 15.0. The fourth-order valence-electron chi connectivity index (χ4n) is 3.30. The lowest BCUT2D eigenvalue weighted by molar-refractivity contribution is 0.0912. The number of rotatable bonds is 8. The molecule has 34 heavy (non-hydrogen) atoms. The maximum Gasteiger partial charge on any atom is 0.307 e. The van der Waals surface area contributed by atoms with E-state index in [4.69, 9.17) is 14.2 Å². The Hall–Kier alpha value is -2.48. The van der Waals surface area contributed by atoms with Crippen LogP contribution in [0.3, 0.4) is 0 Å². The molecule has 1 atom stereocenters. The van der Waals surface area contributed by atoms with Crippen LogP contribution in [0, 0.1) is 0 Å². The van der Waals surface area contributed by atoms with Gasteiger partial charge in [-0.25, -0.2) is 13.1 Å². The molecule has 0 aliphatic carbocycles. The van der Waals surface area contributed by atoms with Crippen molar-refractivity contribution in [2.75, 3.05) is 27.4 Å². The highest BCUT2D eigenvalue weighted by Crippen LogP contribution is 2.35. The summed E-state index contributed by atoms with van der Waals surface area (Å²) in [6, 6.07) is 7.51. The lowest BCUT2D eigenvalue weighted by atomic mass is 10.0. The van der Waals surface area contributed by atoms with Crippen LogP contribution >= 0.6 is 27.9 Å². The Morgan fingerprint density at radius 3 is 2.59 bits per heavy atom. The van der Waals surface area contributed by atoms with Gasteiger partial charge in [0.1, 0.15) is 28.8 Å². The van der Waals surface area contributed by atoms with Gasteiger partial charge in [0.05, 0.1) is 25.8 Å². The summed E-state index contributed by atoms with van der Waals surface area (Å²) < 4.78 is 47.3. The Balaban J connectivity index is 1.82. The van der Waals surface area contributed by atoms with Gasteiger partial charge in [-0.15, -0.1) is 0 Å². The predicted molar refractivity (Wildman–Crippen MR) is 131 cm³/mol. The number of benzene rings is 2. The maximum atomic E-state index is 12.9. The fraction of sp³-hybridized carbons (Fsp3) is 0.333. The number of hydrogen-bond acceptors (Lipinski definition) is 9. The van der Waals surface area contributed by atoms with Gasteiger partial charge < -0.3 is 19.5 Å². The minimum absolute atomic E-state index is 0.0360. The van der Waals surface area contributed by atoms with Crippen LogP contribution in [-0.2, 0) is 16.4 Å². The Labute approximate surface area is 210 Å². The first-order chi connectivity index (χ1) is 16.2. The maximum absolute atomic E-state index is 12.9. The SMILES string of the molecule is CCNSC(=O)NS(=O)(=O)c1cc2c(cc1OC)OCC(NC(=O)c1cc(Br)ccc1OC)C2. The number of fused-ring (bicyclic) bond motifs is 1. The molecule has 0 saturated carbocycles. The number of methoxy groups -OCH3 is 2. The molecule has 13 heteroatoms. The van der Waals surface area contributed by atoms with Crippen LogP contribution in [0.1, 0.15) is 22.8 Å². The van der Waals surface area contributed by atoms with Crippen LogP contribution in [0.4, 0.5) is 4.79 Å². The van der Waals surface area contributed by atoms with Crippen molar-refractivity contribution >= 4 is 49.0 Å². The molecule has 3 rings (SSSR count). The van der Waals surface area contributed by atoms with Crippen molar-refractivity contribution in [2.24, 2.45) is 0 Å². The number of nitrogens with one attached hydrogen (secondary N) is 3. The summed E-state index contributed by atoms with van der Waals surface area (Å²) >= 11 is 3.99. The molecule has 1 heterocycles. The van der Waals surface area contributed by atoms with Crippen molar-refractivity contribution in [3.8, 4) is 17.2 Å². The topological polar surface area (TPSA) is 132 Å². The Morgan fingerprint density at radius 1 is 1.18 bits per heavy atom. The van der Waals surface area contributed by atoms with E-state index < -0.39 is 21.3 Å². The van der Waals surface area contributed by atoms with Gasteiger partial charge in [0, 0.05) is 29.0 Å². The molecule has 10 nitrogen and oxygen atoms in total. The van der Waals surface area contributed by atoms with Crippen molar-refractivity contribution in [3.05, 3.63) is 45.9 Å². The number of halogens is 1. The zero-order valence-corrected chi connectivity index (χ0v) is 21.9. The lowest BCUT2D eigenvalue weighted by Gasteiger charge is -2.27. The van der Waals surface area contributed by atoms with Gasteiger partial charge in [0.25, 0.3) is 15.9 Å².